The van der Waals surface area contributed by atoms with E-state index in [2.05, 4.69) is 4.98 Å². The Balaban J connectivity index is 1.74. The van der Waals surface area contributed by atoms with Crippen LogP contribution in [0.1, 0.15) is 12.2 Å². The zero-order valence-corrected chi connectivity index (χ0v) is 12.5. The average Bonchev–Trinajstić information content (AvgIpc) is 2.81. The van der Waals surface area contributed by atoms with Crippen molar-refractivity contribution >= 4 is 23.4 Å². The van der Waals surface area contributed by atoms with Gasteiger partial charge in [0.15, 0.2) is 0 Å². The van der Waals surface area contributed by atoms with Crippen LogP contribution in [0.4, 0.5) is 0 Å². The van der Waals surface area contributed by atoms with Crippen molar-refractivity contribution in [2.24, 2.45) is 12.8 Å². The molecular weight excluding hydrogens is 278 g/mol. The quantitative estimate of drug-likeness (QED) is 0.833. The first-order chi connectivity index (χ1) is 9.15. The third kappa shape index (κ3) is 4.56. The van der Waals surface area contributed by atoms with E-state index in [1.165, 1.54) is 4.90 Å². The van der Waals surface area contributed by atoms with Gasteiger partial charge in [-0.25, -0.2) is 4.98 Å². The molecular formula is C14H18ClN3S. The fourth-order valence-electron chi connectivity index (χ4n) is 1.77. The van der Waals surface area contributed by atoms with E-state index in [1.807, 2.05) is 48.3 Å². The first kappa shape index (κ1) is 14.4. The topological polar surface area (TPSA) is 43.8 Å². The Morgan fingerprint density at radius 3 is 2.74 bits per heavy atom. The molecule has 0 aliphatic rings. The number of hydrogen-bond acceptors (Lipinski definition) is 3. The van der Waals surface area contributed by atoms with Crippen molar-refractivity contribution in [3.63, 3.8) is 0 Å². The molecule has 3 nitrogen and oxygen atoms in total. The van der Waals surface area contributed by atoms with Crippen molar-refractivity contribution in [2.45, 2.75) is 23.8 Å². The Hall–Kier alpha value is -0.970. The second-order valence-electron chi connectivity index (χ2n) is 4.52. The number of imidazole rings is 1. The van der Waals surface area contributed by atoms with Crippen LogP contribution >= 0.6 is 23.4 Å². The Labute approximate surface area is 123 Å². The van der Waals surface area contributed by atoms with E-state index >= 15 is 0 Å². The molecule has 5 heteroatoms. The zero-order chi connectivity index (χ0) is 13.7. The molecule has 19 heavy (non-hydrogen) atoms. The van der Waals surface area contributed by atoms with Crippen molar-refractivity contribution in [3.05, 3.63) is 47.5 Å². The van der Waals surface area contributed by atoms with Gasteiger partial charge in [0.2, 0.25) is 0 Å². The average molecular weight is 296 g/mol. The largest absolute Gasteiger partial charge is 0.338 e. The number of rotatable bonds is 6. The number of thioether (sulfide) groups is 1. The Morgan fingerprint density at radius 2 is 2.11 bits per heavy atom. The minimum absolute atomic E-state index is 0.178. The van der Waals surface area contributed by atoms with E-state index in [0.29, 0.717) is 0 Å². The van der Waals surface area contributed by atoms with Gasteiger partial charge in [-0.15, -0.1) is 11.8 Å². The number of aromatic nitrogens is 2. The predicted octanol–water partition coefficient (Wildman–Crippen LogP) is 3.13. The standard InChI is InChI=1S/C14H18ClN3S/c1-18-9-8-17-14(18)7-4-12(16)10-19-13-5-2-11(15)3-6-13/h2-3,5-6,8-9,12H,4,7,10,16H2,1H3. The summed E-state index contributed by atoms with van der Waals surface area (Å²) in [6.07, 6.45) is 5.66. The molecule has 0 amide bonds. The van der Waals surface area contributed by atoms with Crippen LogP contribution in [0.3, 0.4) is 0 Å². The lowest BCUT2D eigenvalue weighted by atomic mass is 10.2. The molecule has 0 saturated carbocycles. The predicted molar refractivity (Wildman–Crippen MR) is 81.7 cm³/mol. The number of halogens is 1. The van der Waals surface area contributed by atoms with Gasteiger partial charge in [0, 0.05) is 47.6 Å². The monoisotopic (exact) mass is 295 g/mol. The second kappa shape index (κ2) is 6.98. The molecule has 0 aliphatic heterocycles. The van der Waals surface area contributed by atoms with E-state index in [9.17, 15) is 0 Å². The maximum Gasteiger partial charge on any atom is 0.108 e. The molecule has 2 N–H and O–H groups in total. The maximum atomic E-state index is 6.13. The first-order valence-electron chi connectivity index (χ1n) is 6.25. The zero-order valence-electron chi connectivity index (χ0n) is 10.9. The normalized spacial score (nSPS) is 12.6. The highest BCUT2D eigenvalue weighted by molar-refractivity contribution is 7.99. The number of benzene rings is 1. The van der Waals surface area contributed by atoms with Crippen LogP contribution in [0.15, 0.2) is 41.6 Å². The van der Waals surface area contributed by atoms with Crippen molar-refractivity contribution in [1.82, 2.24) is 9.55 Å². The number of hydrogen-bond donors (Lipinski definition) is 1. The summed E-state index contributed by atoms with van der Waals surface area (Å²) < 4.78 is 2.04. The Kier molecular flexibility index (Phi) is 5.31. The molecule has 0 radical (unpaired) electrons. The van der Waals surface area contributed by atoms with Crippen molar-refractivity contribution < 1.29 is 0 Å². The summed E-state index contributed by atoms with van der Waals surface area (Å²) in [6, 6.07) is 8.04. The summed E-state index contributed by atoms with van der Waals surface area (Å²) in [5, 5.41) is 0.767. The molecule has 0 bridgehead atoms. The third-order valence-corrected chi connectivity index (χ3v) is 4.39. The maximum absolute atomic E-state index is 6.13. The van der Waals surface area contributed by atoms with Gasteiger partial charge in [-0.2, -0.15) is 0 Å². The van der Waals surface area contributed by atoms with Gasteiger partial charge in [-0.3, -0.25) is 0 Å². The number of nitrogens with two attached hydrogens (primary N) is 1. The molecule has 1 aromatic heterocycles. The molecule has 102 valence electrons. The molecule has 2 rings (SSSR count). The highest BCUT2D eigenvalue weighted by Gasteiger charge is 2.06. The lowest BCUT2D eigenvalue weighted by molar-refractivity contribution is 0.639. The van der Waals surface area contributed by atoms with Crippen LogP contribution in [-0.2, 0) is 13.5 Å². The molecule has 1 heterocycles. The SMILES string of the molecule is Cn1ccnc1CCC(N)CSc1ccc(Cl)cc1. The summed E-state index contributed by atoms with van der Waals surface area (Å²) in [6.45, 7) is 0. The number of nitrogens with zero attached hydrogens (tertiary/aromatic N) is 2. The fraction of sp³-hybridized carbons (Fsp3) is 0.357. The minimum atomic E-state index is 0.178. The Morgan fingerprint density at radius 1 is 1.37 bits per heavy atom. The Bertz CT molecular complexity index is 510. The van der Waals surface area contributed by atoms with Crippen LogP contribution in [0.2, 0.25) is 5.02 Å². The summed E-state index contributed by atoms with van der Waals surface area (Å²) in [4.78, 5) is 5.51. The molecule has 0 fully saturated rings. The summed E-state index contributed by atoms with van der Waals surface area (Å²) in [7, 11) is 2.01. The minimum Gasteiger partial charge on any atom is -0.338 e. The van der Waals surface area contributed by atoms with Gasteiger partial charge < -0.3 is 10.3 Å². The third-order valence-electron chi connectivity index (χ3n) is 2.94. The van der Waals surface area contributed by atoms with Crippen molar-refractivity contribution in [1.29, 1.82) is 0 Å². The molecule has 0 aliphatic carbocycles. The van der Waals surface area contributed by atoms with Crippen LogP contribution in [0, 0.1) is 0 Å². The van der Waals surface area contributed by atoms with Crippen molar-refractivity contribution in [3.8, 4) is 0 Å². The first-order valence-corrected chi connectivity index (χ1v) is 7.61. The van der Waals surface area contributed by atoms with E-state index in [1.54, 1.807) is 11.8 Å². The van der Waals surface area contributed by atoms with Gasteiger partial charge in [0.1, 0.15) is 5.82 Å². The summed E-state index contributed by atoms with van der Waals surface area (Å²) in [5.74, 6) is 2.00. The second-order valence-corrected chi connectivity index (χ2v) is 6.05. The van der Waals surface area contributed by atoms with Gasteiger partial charge in [0.05, 0.1) is 0 Å². The van der Waals surface area contributed by atoms with E-state index in [-0.39, 0.29) is 6.04 Å². The molecule has 1 unspecified atom stereocenters. The van der Waals surface area contributed by atoms with Gasteiger partial charge in [0.25, 0.3) is 0 Å². The smallest absolute Gasteiger partial charge is 0.108 e. The molecule has 0 saturated heterocycles. The van der Waals surface area contributed by atoms with Crippen LogP contribution < -0.4 is 5.73 Å². The van der Waals surface area contributed by atoms with Gasteiger partial charge >= 0.3 is 0 Å². The van der Waals surface area contributed by atoms with E-state index < -0.39 is 0 Å². The molecule has 1 aromatic carbocycles. The van der Waals surface area contributed by atoms with Crippen LogP contribution in [0.25, 0.3) is 0 Å². The van der Waals surface area contributed by atoms with Gasteiger partial charge in [-0.1, -0.05) is 11.6 Å². The van der Waals surface area contributed by atoms with E-state index in [4.69, 9.17) is 17.3 Å². The molecule has 0 spiro atoms. The summed E-state index contributed by atoms with van der Waals surface area (Å²) in [5.41, 5.74) is 6.13. The van der Waals surface area contributed by atoms with Crippen LogP contribution in [0.5, 0.6) is 0 Å². The summed E-state index contributed by atoms with van der Waals surface area (Å²) >= 11 is 7.62. The fourth-order valence-corrected chi connectivity index (χ4v) is 2.80. The lowest BCUT2D eigenvalue weighted by Crippen LogP contribution is -2.24. The molecule has 2 aromatic rings. The van der Waals surface area contributed by atoms with Crippen molar-refractivity contribution in [2.75, 3.05) is 5.75 Å². The highest BCUT2D eigenvalue weighted by Crippen LogP contribution is 2.21. The number of aryl methyl sites for hydroxylation is 2. The van der Waals surface area contributed by atoms with E-state index in [0.717, 1.165) is 29.4 Å². The highest BCUT2D eigenvalue weighted by atomic mass is 35.5. The molecule has 1 atom stereocenters. The van der Waals surface area contributed by atoms with Crippen LogP contribution in [-0.4, -0.2) is 21.3 Å². The van der Waals surface area contributed by atoms with Gasteiger partial charge in [-0.05, 0) is 30.7 Å². The lowest BCUT2D eigenvalue weighted by Gasteiger charge is -2.11.